The van der Waals surface area contributed by atoms with E-state index >= 15 is 0 Å². The lowest BCUT2D eigenvalue weighted by Crippen LogP contribution is -2.56. The van der Waals surface area contributed by atoms with E-state index in [0.29, 0.717) is 11.3 Å². The molecule has 33 heavy (non-hydrogen) atoms. The van der Waals surface area contributed by atoms with Crippen LogP contribution >= 0.6 is 0 Å². The molecule has 0 amide bonds. The Morgan fingerprint density at radius 2 is 1.88 bits per heavy atom. The Hall–Kier alpha value is -1.71. The van der Waals surface area contributed by atoms with Crippen molar-refractivity contribution in [3.63, 3.8) is 0 Å². The van der Waals surface area contributed by atoms with Gasteiger partial charge >= 0.3 is 5.97 Å². The van der Waals surface area contributed by atoms with Gasteiger partial charge in [0, 0.05) is 16.2 Å². The number of carbonyl (C=O) groups excluding carboxylic acids is 1. The number of ether oxygens (including phenoxy) is 2. The maximum atomic E-state index is 13.3. The molecular weight excluding hydrogens is 458 g/mol. The average Bonchev–Trinajstić information content (AvgIpc) is 2.82. The predicted molar refractivity (Wildman–Crippen MR) is 132 cm³/mol. The molecule has 10 heteroatoms. The number of rotatable bonds is 12. The maximum Gasteiger partial charge on any atom is 0.306 e. The molecule has 0 aliphatic carbocycles. The molecule has 2 rings (SSSR count). The Kier molecular flexibility index (Phi) is 11.0. The number of nitrogens with zero attached hydrogens (tertiary/aromatic N) is 3. The summed E-state index contributed by atoms with van der Waals surface area (Å²) in [4.78, 5) is 15.9. The van der Waals surface area contributed by atoms with Crippen molar-refractivity contribution in [1.82, 2.24) is 0 Å². The summed E-state index contributed by atoms with van der Waals surface area (Å²) in [5.74, 6) is -0.143. The molecule has 1 saturated heterocycles. The molecule has 1 aromatic rings. The molecule has 1 aliphatic rings. The first kappa shape index (κ1) is 27.5. The van der Waals surface area contributed by atoms with Crippen molar-refractivity contribution in [3.05, 3.63) is 40.8 Å². The number of hydrogen-bond donors (Lipinski definition) is 0. The van der Waals surface area contributed by atoms with Gasteiger partial charge in [-0.1, -0.05) is 57.9 Å². The first-order valence-electron chi connectivity index (χ1n) is 11.8. The fourth-order valence-electron chi connectivity index (χ4n) is 4.08. The summed E-state index contributed by atoms with van der Waals surface area (Å²) in [6.07, 6.45) is -0.647. The predicted octanol–water partition coefficient (Wildman–Crippen LogP) is 5.57. The second-order valence-corrected chi connectivity index (χ2v) is 15.1. The fourth-order valence-corrected chi connectivity index (χ4v) is 8.31. The van der Waals surface area contributed by atoms with Crippen LogP contribution in [0.1, 0.15) is 47.5 Å². The fraction of sp³-hybridized carbons (Fsp3) is 0.696. The summed E-state index contributed by atoms with van der Waals surface area (Å²) in [6.45, 7) is 10.2. The van der Waals surface area contributed by atoms with Crippen molar-refractivity contribution < 1.29 is 22.9 Å². The zero-order valence-electron chi connectivity index (χ0n) is 20.3. The molecule has 184 valence electrons. The number of carbonyl (C=O) groups is 1. The van der Waals surface area contributed by atoms with Crippen molar-refractivity contribution in [1.29, 1.82) is 0 Å². The summed E-state index contributed by atoms with van der Waals surface area (Å²) in [5.41, 5.74) is 8.57. The van der Waals surface area contributed by atoms with Crippen LogP contribution < -0.4 is 0 Å². The second kappa shape index (κ2) is 13.2. The zero-order chi connectivity index (χ0) is 24.4. The molecular formula is C23H37N3O5SSi. The van der Waals surface area contributed by atoms with Crippen molar-refractivity contribution in [3.8, 4) is 0 Å². The van der Waals surface area contributed by atoms with Gasteiger partial charge in [0.25, 0.3) is 0 Å². The molecule has 1 heterocycles. The minimum absolute atomic E-state index is 0.0300. The summed E-state index contributed by atoms with van der Waals surface area (Å²) in [5, 5.41) is 4.03. The first-order valence-corrected chi connectivity index (χ1v) is 15.5. The van der Waals surface area contributed by atoms with Crippen LogP contribution in [0, 0.1) is 5.92 Å². The standard InChI is InChI=1S/C23H37N3O5SSi/c1-6-33(7-2,8-3)31-23-19(25-26-24)15-22(32(28)18-12-10-9-11-13-18)30-20(23)16-29-21(27)14-17(4)5/h9-13,17,19-20,22-23H,6-8,14-16H2,1-5H3/t19-,20-,22-,23-,32?/m1/s1. The topological polar surface area (TPSA) is 111 Å². The maximum absolute atomic E-state index is 13.3. The zero-order valence-corrected chi connectivity index (χ0v) is 22.1. The largest absolute Gasteiger partial charge is 0.463 e. The highest BCUT2D eigenvalue weighted by Gasteiger charge is 2.45. The van der Waals surface area contributed by atoms with Crippen molar-refractivity contribution >= 4 is 25.1 Å². The highest BCUT2D eigenvalue weighted by molar-refractivity contribution is 7.85. The van der Waals surface area contributed by atoms with E-state index in [0.717, 1.165) is 18.1 Å². The lowest BCUT2D eigenvalue weighted by molar-refractivity contribution is -0.158. The van der Waals surface area contributed by atoms with Gasteiger partial charge in [0.1, 0.15) is 18.1 Å². The molecule has 8 nitrogen and oxygen atoms in total. The summed E-state index contributed by atoms with van der Waals surface area (Å²) in [6, 6.07) is 11.2. The summed E-state index contributed by atoms with van der Waals surface area (Å²) < 4.78 is 31.8. The van der Waals surface area contributed by atoms with E-state index in [1.54, 1.807) is 12.1 Å². The normalized spacial score (nSPS) is 24.2. The Labute approximate surface area is 200 Å². The minimum Gasteiger partial charge on any atom is -0.463 e. The van der Waals surface area contributed by atoms with Crippen molar-refractivity contribution in [2.75, 3.05) is 6.61 Å². The van der Waals surface area contributed by atoms with Crippen LogP contribution in [0.2, 0.25) is 18.1 Å². The lowest BCUT2D eigenvalue weighted by atomic mass is 10.0. The van der Waals surface area contributed by atoms with Crippen LogP contribution in [-0.2, 0) is 29.5 Å². The Morgan fingerprint density at radius 1 is 1.24 bits per heavy atom. The van der Waals surface area contributed by atoms with E-state index in [2.05, 4.69) is 30.8 Å². The number of azide groups is 1. The molecule has 1 aromatic carbocycles. The van der Waals surface area contributed by atoms with Crippen LogP contribution in [0.15, 0.2) is 40.3 Å². The third-order valence-electron chi connectivity index (χ3n) is 6.22. The molecule has 5 atom stereocenters. The minimum atomic E-state index is -2.09. The third kappa shape index (κ3) is 7.65. The van der Waals surface area contributed by atoms with Gasteiger partial charge < -0.3 is 13.9 Å². The Bertz CT molecular complexity index is 822. The van der Waals surface area contributed by atoms with Crippen LogP contribution in [0.3, 0.4) is 0 Å². The summed E-state index contributed by atoms with van der Waals surface area (Å²) >= 11 is 0. The molecule has 0 aromatic heterocycles. The molecule has 0 radical (unpaired) electrons. The smallest absolute Gasteiger partial charge is 0.306 e. The third-order valence-corrected chi connectivity index (χ3v) is 12.4. The SMILES string of the molecule is CC[Si](CC)(CC)O[C@@H]1[C@H](N=[N+]=[N-])C[C@@H](S(=O)c2ccccc2)O[C@@H]1COC(=O)CC(C)C. The van der Waals surface area contributed by atoms with E-state index in [4.69, 9.17) is 13.9 Å². The van der Waals surface area contributed by atoms with Gasteiger partial charge in [-0.15, -0.1) is 0 Å². The van der Waals surface area contributed by atoms with E-state index < -0.39 is 42.8 Å². The van der Waals surface area contributed by atoms with Gasteiger partial charge in [0.2, 0.25) is 0 Å². The molecule has 1 unspecified atom stereocenters. The van der Waals surface area contributed by atoms with Gasteiger partial charge in [0.05, 0.1) is 22.9 Å². The molecule has 1 fully saturated rings. The van der Waals surface area contributed by atoms with E-state index in [1.807, 2.05) is 32.0 Å². The number of esters is 1. The van der Waals surface area contributed by atoms with E-state index in [1.165, 1.54) is 0 Å². The monoisotopic (exact) mass is 495 g/mol. The van der Waals surface area contributed by atoms with Crippen molar-refractivity contribution in [2.24, 2.45) is 11.0 Å². The molecule has 0 saturated carbocycles. The lowest BCUT2D eigenvalue weighted by Gasteiger charge is -2.44. The molecule has 1 aliphatic heterocycles. The van der Waals surface area contributed by atoms with Gasteiger partial charge in [-0.05, 0) is 48.1 Å². The molecule has 0 spiro atoms. The van der Waals surface area contributed by atoms with Crippen molar-refractivity contribution in [2.45, 2.75) is 94.2 Å². The van der Waals surface area contributed by atoms with Crippen LogP contribution in [-0.4, -0.2) is 48.8 Å². The first-order chi connectivity index (χ1) is 15.8. The van der Waals surface area contributed by atoms with Crippen LogP contribution in [0.25, 0.3) is 10.4 Å². The van der Waals surface area contributed by atoms with Crippen LogP contribution in [0.4, 0.5) is 0 Å². The summed E-state index contributed by atoms with van der Waals surface area (Å²) in [7, 11) is -3.56. The average molecular weight is 496 g/mol. The van der Waals surface area contributed by atoms with E-state index in [9.17, 15) is 14.5 Å². The number of benzene rings is 1. The highest BCUT2D eigenvalue weighted by Crippen LogP contribution is 2.34. The second-order valence-electron chi connectivity index (χ2n) is 8.83. The number of hydrogen-bond acceptors (Lipinski definition) is 6. The molecule has 0 N–H and O–H groups in total. The van der Waals surface area contributed by atoms with E-state index in [-0.39, 0.29) is 24.9 Å². The van der Waals surface area contributed by atoms with Gasteiger partial charge in [0.15, 0.2) is 8.32 Å². The Morgan fingerprint density at radius 3 is 2.42 bits per heavy atom. The van der Waals surface area contributed by atoms with Gasteiger partial charge in [-0.2, -0.15) is 0 Å². The molecule has 0 bridgehead atoms. The quantitative estimate of drug-likeness (QED) is 0.124. The van der Waals surface area contributed by atoms with Gasteiger partial charge in [-0.3, -0.25) is 9.00 Å². The van der Waals surface area contributed by atoms with Gasteiger partial charge in [-0.25, -0.2) is 0 Å². The Balaban J connectivity index is 2.34. The highest BCUT2D eigenvalue weighted by atomic mass is 32.2. The van der Waals surface area contributed by atoms with Crippen LogP contribution in [0.5, 0.6) is 0 Å².